The number of amides is 2. The van der Waals surface area contributed by atoms with E-state index in [2.05, 4.69) is 41.8 Å². The summed E-state index contributed by atoms with van der Waals surface area (Å²) in [5.41, 5.74) is 3.40. The first-order valence-electron chi connectivity index (χ1n) is 8.21. The second kappa shape index (κ2) is 7.40. The zero-order valence-corrected chi connectivity index (χ0v) is 17.6. The molecule has 1 aliphatic rings. The predicted octanol–water partition coefficient (Wildman–Crippen LogP) is 5.16. The number of hydrogen-bond acceptors (Lipinski definition) is 3. The molecule has 0 fully saturated rings. The van der Waals surface area contributed by atoms with Crippen molar-refractivity contribution in [2.75, 3.05) is 10.2 Å². The van der Waals surface area contributed by atoms with E-state index in [4.69, 9.17) is 11.6 Å². The fourth-order valence-corrected chi connectivity index (χ4v) is 3.66. The van der Waals surface area contributed by atoms with Crippen LogP contribution in [-0.4, -0.2) is 11.8 Å². The molecule has 0 atom stereocenters. The highest BCUT2D eigenvalue weighted by Crippen LogP contribution is 2.32. The lowest BCUT2D eigenvalue weighted by molar-refractivity contribution is -0.120. The first kappa shape index (κ1) is 18.9. The van der Waals surface area contributed by atoms with Gasteiger partial charge in [-0.1, -0.05) is 37.6 Å². The van der Waals surface area contributed by atoms with Crippen LogP contribution >= 0.6 is 34.2 Å². The zero-order valence-electron chi connectivity index (χ0n) is 14.6. The van der Waals surface area contributed by atoms with Gasteiger partial charge in [0.1, 0.15) is 10.7 Å². The molecular weight excluding hydrogens is 463 g/mol. The van der Waals surface area contributed by atoms with Crippen LogP contribution in [-0.2, 0) is 9.59 Å². The van der Waals surface area contributed by atoms with Gasteiger partial charge in [-0.25, -0.2) is 4.90 Å². The van der Waals surface area contributed by atoms with Crippen LogP contribution in [0.3, 0.4) is 0 Å². The number of aryl methyl sites for hydroxylation is 1. The summed E-state index contributed by atoms with van der Waals surface area (Å²) >= 11 is 8.38. The van der Waals surface area contributed by atoms with Crippen molar-refractivity contribution in [2.24, 2.45) is 0 Å². The van der Waals surface area contributed by atoms with Gasteiger partial charge in [-0.15, -0.1) is 0 Å². The number of imide groups is 1. The highest BCUT2D eigenvalue weighted by molar-refractivity contribution is 14.1. The Bertz CT molecular complexity index is 920. The first-order valence-corrected chi connectivity index (χ1v) is 9.67. The smallest absolute Gasteiger partial charge is 0.283 e. The average Bonchev–Trinajstić information content (AvgIpc) is 2.80. The van der Waals surface area contributed by atoms with Crippen LogP contribution in [0.5, 0.6) is 0 Å². The molecule has 134 valence electrons. The van der Waals surface area contributed by atoms with Gasteiger partial charge in [0.25, 0.3) is 11.8 Å². The van der Waals surface area contributed by atoms with Crippen LogP contribution < -0.4 is 10.2 Å². The summed E-state index contributed by atoms with van der Waals surface area (Å²) in [6, 6.07) is 13.3. The van der Waals surface area contributed by atoms with Crippen molar-refractivity contribution in [3.8, 4) is 0 Å². The Balaban J connectivity index is 1.89. The third-order valence-corrected chi connectivity index (χ3v) is 5.30. The Morgan fingerprint density at radius 1 is 1.04 bits per heavy atom. The number of hydrogen-bond donors (Lipinski definition) is 1. The Kier molecular flexibility index (Phi) is 5.39. The van der Waals surface area contributed by atoms with Crippen molar-refractivity contribution in [3.05, 3.63) is 67.9 Å². The van der Waals surface area contributed by atoms with Crippen LogP contribution in [0.4, 0.5) is 11.4 Å². The number of carbonyl (C=O) groups excluding carboxylic acids is 2. The third kappa shape index (κ3) is 3.50. The van der Waals surface area contributed by atoms with Gasteiger partial charge >= 0.3 is 0 Å². The van der Waals surface area contributed by atoms with Gasteiger partial charge in [-0.05, 0) is 76.9 Å². The van der Waals surface area contributed by atoms with Crippen LogP contribution in [0.2, 0.25) is 0 Å². The fourth-order valence-electron chi connectivity index (χ4n) is 2.80. The second-order valence-electron chi connectivity index (χ2n) is 6.47. The Morgan fingerprint density at radius 3 is 2.27 bits per heavy atom. The fraction of sp³-hybridized carbons (Fsp3) is 0.200. The minimum absolute atomic E-state index is 0.0964. The van der Waals surface area contributed by atoms with E-state index >= 15 is 0 Å². The molecule has 0 spiro atoms. The van der Waals surface area contributed by atoms with Crippen molar-refractivity contribution in [2.45, 2.75) is 26.7 Å². The summed E-state index contributed by atoms with van der Waals surface area (Å²) in [7, 11) is 0. The SMILES string of the molecule is Cc1cc(I)ccc1N1C(=O)C(Cl)=C(Nc2ccc(C(C)C)cc2)C1=O. The summed E-state index contributed by atoms with van der Waals surface area (Å²) in [6.45, 7) is 6.09. The molecule has 26 heavy (non-hydrogen) atoms. The average molecular weight is 481 g/mol. The number of rotatable bonds is 4. The molecule has 0 unspecified atom stereocenters. The molecular formula is C20H18ClIN2O2. The molecule has 3 rings (SSSR count). The van der Waals surface area contributed by atoms with Crippen molar-refractivity contribution in [3.63, 3.8) is 0 Å². The molecule has 2 aromatic carbocycles. The van der Waals surface area contributed by atoms with Gasteiger partial charge < -0.3 is 5.32 Å². The standard InChI is InChI=1S/C20H18ClIN2O2/c1-11(2)13-4-7-15(8-5-13)23-18-17(21)19(25)24(20(18)26)16-9-6-14(22)10-12(16)3/h4-11,23H,1-3H3. The van der Waals surface area contributed by atoms with E-state index in [0.29, 0.717) is 17.3 Å². The van der Waals surface area contributed by atoms with Gasteiger partial charge in [-0.2, -0.15) is 0 Å². The molecule has 1 aliphatic heterocycles. The number of halogens is 2. The van der Waals surface area contributed by atoms with Crippen molar-refractivity contribution >= 4 is 57.4 Å². The molecule has 0 saturated carbocycles. The third-order valence-electron chi connectivity index (χ3n) is 4.27. The van der Waals surface area contributed by atoms with Gasteiger partial charge in [0.15, 0.2) is 0 Å². The second-order valence-corrected chi connectivity index (χ2v) is 8.09. The Hall–Kier alpha value is -1.86. The van der Waals surface area contributed by atoms with Gasteiger partial charge in [0.2, 0.25) is 0 Å². The normalized spacial score (nSPS) is 14.6. The van der Waals surface area contributed by atoms with Gasteiger partial charge in [0.05, 0.1) is 5.69 Å². The molecule has 6 heteroatoms. The minimum Gasteiger partial charge on any atom is -0.350 e. The maximum Gasteiger partial charge on any atom is 0.283 e. The van der Waals surface area contributed by atoms with Crippen LogP contribution in [0.15, 0.2) is 53.2 Å². The lowest BCUT2D eigenvalue weighted by atomic mass is 10.0. The number of anilines is 2. The number of nitrogens with one attached hydrogen (secondary N) is 1. The highest BCUT2D eigenvalue weighted by Gasteiger charge is 2.39. The number of nitrogens with zero attached hydrogens (tertiary/aromatic N) is 1. The summed E-state index contributed by atoms with van der Waals surface area (Å²) in [4.78, 5) is 26.5. The Labute approximate surface area is 171 Å². The first-order chi connectivity index (χ1) is 12.3. The molecule has 1 N–H and O–H groups in total. The Morgan fingerprint density at radius 2 is 1.69 bits per heavy atom. The zero-order chi connectivity index (χ0) is 19.0. The van der Waals surface area contributed by atoms with Gasteiger partial charge in [-0.3, -0.25) is 9.59 Å². The highest BCUT2D eigenvalue weighted by atomic mass is 127. The maximum atomic E-state index is 12.8. The predicted molar refractivity (Wildman–Crippen MR) is 113 cm³/mol. The maximum absolute atomic E-state index is 12.8. The van der Waals surface area contributed by atoms with E-state index in [1.807, 2.05) is 43.3 Å². The molecule has 0 radical (unpaired) electrons. The molecule has 0 aromatic heterocycles. The largest absolute Gasteiger partial charge is 0.350 e. The molecule has 0 bridgehead atoms. The van der Waals surface area contributed by atoms with Crippen molar-refractivity contribution < 1.29 is 9.59 Å². The lowest BCUT2D eigenvalue weighted by Gasteiger charge is -2.17. The molecule has 1 heterocycles. The number of carbonyl (C=O) groups is 2. The van der Waals surface area contributed by atoms with Crippen LogP contribution in [0.25, 0.3) is 0 Å². The lowest BCUT2D eigenvalue weighted by Crippen LogP contribution is -2.32. The van der Waals surface area contributed by atoms with Crippen LogP contribution in [0, 0.1) is 10.5 Å². The summed E-state index contributed by atoms with van der Waals surface area (Å²) < 4.78 is 1.03. The monoisotopic (exact) mass is 480 g/mol. The topological polar surface area (TPSA) is 49.4 Å². The van der Waals surface area contributed by atoms with E-state index in [0.717, 1.165) is 14.0 Å². The molecule has 2 aromatic rings. The van der Waals surface area contributed by atoms with E-state index < -0.39 is 11.8 Å². The van der Waals surface area contributed by atoms with Crippen LogP contribution in [0.1, 0.15) is 30.9 Å². The minimum atomic E-state index is -0.512. The van der Waals surface area contributed by atoms with E-state index in [1.54, 1.807) is 6.07 Å². The van der Waals surface area contributed by atoms with Gasteiger partial charge in [0, 0.05) is 9.26 Å². The molecule has 2 amide bonds. The summed E-state index contributed by atoms with van der Waals surface area (Å²) in [5, 5.41) is 2.91. The van der Waals surface area contributed by atoms with E-state index in [-0.39, 0.29) is 10.7 Å². The quantitative estimate of drug-likeness (QED) is 0.486. The van der Waals surface area contributed by atoms with Crippen molar-refractivity contribution in [1.29, 1.82) is 0 Å². The van der Waals surface area contributed by atoms with E-state index in [9.17, 15) is 9.59 Å². The van der Waals surface area contributed by atoms with Crippen molar-refractivity contribution in [1.82, 2.24) is 0 Å². The van der Waals surface area contributed by atoms with E-state index in [1.165, 1.54) is 5.56 Å². The molecule has 0 aliphatic carbocycles. The molecule has 4 nitrogen and oxygen atoms in total. The summed E-state index contributed by atoms with van der Waals surface area (Å²) in [6.07, 6.45) is 0. The summed E-state index contributed by atoms with van der Waals surface area (Å²) in [5.74, 6) is -0.541. The number of benzene rings is 2. The molecule has 0 saturated heterocycles.